The number of aliphatic hydroxyl groups is 2. The first-order valence-corrected chi connectivity index (χ1v) is 9.08. The van der Waals surface area contributed by atoms with Crippen LogP contribution in [0.4, 0.5) is 0 Å². The molecule has 1 saturated carbocycles. The molecule has 0 aliphatic heterocycles. The van der Waals surface area contributed by atoms with Gasteiger partial charge < -0.3 is 19.7 Å². The summed E-state index contributed by atoms with van der Waals surface area (Å²) in [5.41, 5.74) is -3.79. The Hall–Kier alpha value is -2.32. The van der Waals surface area contributed by atoms with Crippen molar-refractivity contribution in [2.75, 3.05) is 13.2 Å². The van der Waals surface area contributed by atoms with Gasteiger partial charge in [-0.2, -0.15) is 0 Å². The van der Waals surface area contributed by atoms with Gasteiger partial charge in [0.2, 0.25) is 0 Å². The van der Waals surface area contributed by atoms with E-state index in [1.165, 1.54) is 13.8 Å². The summed E-state index contributed by atoms with van der Waals surface area (Å²) in [5.74, 6) is -4.39. The van der Waals surface area contributed by atoms with Gasteiger partial charge in [-0.15, -0.1) is 0 Å². The van der Waals surface area contributed by atoms with Gasteiger partial charge in [-0.05, 0) is 38.8 Å². The van der Waals surface area contributed by atoms with Gasteiger partial charge in [-0.3, -0.25) is 19.2 Å². The molecule has 0 radical (unpaired) electrons. The van der Waals surface area contributed by atoms with E-state index >= 15 is 0 Å². The smallest absolute Gasteiger partial charge is 0.309 e. The molecule has 1 rings (SSSR count). The van der Waals surface area contributed by atoms with Crippen LogP contribution in [-0.4, -0.2) is 58.1 Å². The molecular formula is C20H28O8. The summed E-state index contributed by atoms with van der Waals surface area (Å²) in [4.78, 5) is 48.0. The van der Waals surface area contributed by atoms with Crippen LogP contribution in [0.1, 0.15) is 39.5 Å². The van der Waals surface area contributed by atoms with Crippen LogP contribution in [0.5, 0.6) is 0 Å². The van der Waals surface area contributed by atoms with Crippen molar-refractivity contribution >= 4 is 23.5 Å². The molecule has 8 nitrogen and oxygen atoms in total. The van der Waals surface area contributed by atoms with E-state index in [0.717, 1.165) is 12.2 Å². The van der Waals surface area contributed by atoms with Crippen LogP contribution in [-0.2, 0) is 28.7 Å². The number of hydrogen-bond donors (Lipinski definition) is 2. The molecule has 4 unspecified atom stereocenters. The van der Waals surface area contributed by atoms with Crippen molar-refractivity contribution < 1.29 is 38.9 Å². The van der Waals surface area contributed by atoms with Crippen molar-refractivity contribution in [1.29, 1.82) is 0 Å². The molecule has 1 aliphatic carbocycles. The number of esters is 2. The van der Waals surface area contributed by atoms with Gasteiger partial charge in [0, 0.05) is 0 Å². The monoisotopic (exact) mass is 396 g/mol. The average molecular weight is 396 g/mol. The Bertz CT molecular complexity index is 591. The third-order valence-corrected chi connectivity index (χ3v) is 4.79. The van der Waals surface area contributed by atoms with E-state index in [9.17, 15) is 29.4 Å². The van der Waals surface area contributed by atoms with E-state index in [1.807, 2.05) is 0 Å². The van der Waals surface area contributed by atoms with Gasteiger partial charge in [0.25, 0.3) is 0 Å². The van der Waals surface area contributed by atoms with Gasteiger partial charge in [-0.25, -0.2) is 0 Å². The summed E-state index contributed by atoms with van der Waals surface area (Å²) < 4.78 is 10.1. The number of ether oxygens (including phenoxy) is 2. The van der Waals surface area contributed by atoms with Gasteiger partial charge in [-0.1, -0.05) is 26.0 Å². The molecule has 0 amide bonds. The first-order valence-electron chi connectivity index (χ1n) is 9.08. The SMILES string of the molecule is C=CC(=O)C(C)(O)COC(=O)C1CCCCC1C(=O)OCC(C)(O)C(=O)C=C. The molecule has 1 aliphatic rings. The molecule has 0 saturated heterocycles. The summed E-state index contributed by atoms with van der Waals surface area (Å²) in [6, 6.07) is 0. The third kappa shape index (κ3) is 6.10. The lowest BCUT2D eigenvalue weighted by Crippen LogP contribution is -2.43. The fourth-order valence-electron chi connectivity index (χ4n) is 2.91. The maximum atomic E-state index is 12.4. The van der Waals surface area contributed by atoms with Crippen LogP contribution >= 0.6 is 0 Å². The van der Waals surface area contributed by atoms with Crippen LogP contribution < -0.4 is 0 Å². The minimum Gasteiger partial charge on any atom is -0.462 e. The van der Waals surface area contributed by atoms with E-state index < -0.39 is 59.8 Å². The van der Waals surface area contributed by atoms with E-state index in [0.29, 0.717) is 25.7 Å². The van der Waals surface area contributed by atoms with Gasteiger partial charge >= 0.3 is 11.9 Å². The Morgan fingerprint density at radius 3 is 1.46 bits per heavy atom. The quantitative estimate of drug-likeness (QED) is 0.412. The molecule has 8 heteroatoms. The maximum absolute atomic E-state index is 12.4. The molecule has 0 aromatic heterocycles. The molecule has 1 fully saturated rings. The molecule has 156 valence electrons. The zero-order valence-electron chi connectivity index (χ0n) is 16.3. The summed E-state index contributed by atoms with van der Waals surface area (Å²) in [5, 5.41) is 20.0. The summed E-state index contributed by atoms with van der Waals surface area (Å²) >= 11 is 0. The average Bonchev–Trinajstić information content (AvgIpc) is 2.68. The molecule has 0 aromatic rings. The van der Waals surface area contributed by atoms with E-state index in [1.54, 1.807) is 0 Å². The highest BCUT2D eigenvalue weighted by molar-refractivity contribution is 5.97. The van der Waals surface area contributed by atoms with Crippen LogP contribution in [0.25, 0.3) is 0 Å². The van der Waals surface area contributed by atoms with Crippen molar-refractivity contribution in [3.8, 4) is 0 Å². The largest absolute Gasteiger partial charge is 0.462 e. The number of rotatable bonds is 10. The summed E-state index contributed by atoms with van der Waals surface area (Å²) in [7, 11) is 0. The Balaban J connectivity index is 2.74. The second-order valence-corrected chi connectivity index (χ2v) is 7.40. The Morgan fingerprint density at radius 2 is 1.18 bits per heavy atom. The third-order valence-electron chi connectivity index (χ3n) is 4.79. The van der Waals surface area contributed by atoms with Crippen molar-refractivity contribution in [2.24, 2.45) is 11.8 Å². The standard InChI is InChI=1S/C20H28O8/c1-5-15(21)19(3,25)11-27-17(23)13-9-7-8-10-14(13)18(24)28-12-20(4,26)16(22)6-2/h5-6,13-14,25-26H,1-2,7-12H2,3-4H3. The number of carbonyl (C=O) groups excluding carboxylic acids is 4. The highest BCUT2D eigenvalue weighted by Crippen LogP contribution is 2.32. The normalized spacial score (nSPS) is 23.4. The van der Waals surface area contributed by atoms with E-state index in [-0.39, 0.29) is 0 Å². The molecule has 2 N–H and O–H groups in total. The maximum Gasteiger partial charge on any atom is 0.309 e. The van der Waals surface area contributed by atoms with Gasteiger partial charge in [0.15, 0.2) is 22.8 Å². The Kier molecular flexibility index (Phi) is 8.26. The lowest BCUT2D eigenvalue weighted by Gasteiger charge is -2.30. The first-order chi connectivity index (χ1) is 13.0. The van der Waals surface area contributed by atoms with E-state index in [2.05, 4.69) is 13.2 Å². The topological polar surface area (TPSA) is 127 Å². The van der Waals surface area contributed by atoms with Gasteiger partial charge in [0.1, 0.15) is 13.2 Å². The van der Waals surface area contributed by atoms with Crippen LogP contribution in [0.15, 0.2) is 25.3 Å². The zero-order valence-corrected chi connectivity index (χ0v) is 16.3. The van der Waals surface area contributed by atoms with E-state index in [4.69, 9.17) is 9.47 Å². The van der Waals surface area contributed by atoms with Crippen molar-refractivity contribution in [3.63, 3.8) is 0 Å². The Morgan fingerprint density at radius 1 is 0.857 bits per heavy atom. The second-order valence-electron chi connectivity index (χ2n) is 7.40. The Labute approximate surface area is 164 Å². The zero-order chi connectivity index (χ0) is 21.5. The first kappa shape index (κ1) is 23.7. The van der Waals surface area contributed by atoms with Crippen LogP contribution in [0, 0.1) is 11.8 Å². The minimum atomic E-state index is -1.90. The molecule has 0 aromatic carbocycles. The summed E-state index contributed by atoms with van der Waals surface area (Å²) in [6.45, 7) is 7.84. The summed E-state index contributed by atoms with van der Waals surface area (Å²) in [6.07, 6.45) is 4.06. The minimum absolute atomic E-state index is 0.387. The molecular weight excluding hydrogens is 368 g/mol. The fraction of sp³-hybridized carbons (Fsp3) is 0.600. The van der Waals surface area contributed by atoms with Crippen molar-refractivity contribution in [2.45, 2.75) is 50.7 Å². The lowest BCUT2D eigenvalue weighted by atomic mass is 9.79. The molecule has 0 spiro atoms. The molecule has 0 bridgehead atoms. The molecule has 4 atom stereocenters. The predicted octanol–water partition coefficient (Wildman–Crippen LogP) is 0.891. The van der Waals surface area contributed by atoms with Crippen LogP contribution in [0.2, 0.25) is 0 Å². The fourth-order valence-corrected chi connectivity index (χ4v) is 2.91. The highest BCUT2D eigenvalue weighted by Gasteiger charge is 2.40. The second kappa shape index (κ2) is 9.75. The highest BCUT2D eigenvalue weighted by atomic mass is 16.6. The predicted molar refractivity (Wildman–Crippen MR) is 99.0 cm³/mol. The van der Waals surface area contributed by atoms with Crippen molar-refractivity contribution in [1.82, 2.24) is 0 Å². The molecule has 0 heterocycles. The number of ketones is 2. The van der Waals surface area contributed by atoms with Crippen LogP contribution in [0.3, 0.4) is 0 Å². The van der Waals surface area contributed by atoms with Gasteiger partial charge in [0.05, 0.1) is 11.8 Å². The number of carbonyl (C=O) groups is 4. The number of hydrogen-bond acceptors (Lipinski definition) is 8. The van der Waals surface area contributed by atoms with Crippen molar-refractivity contribution in [3.05, 3.63) is 25.3 Å². The molecule has 28 heavy (non-hydrogen) atoms. The lowest BCUT2D eigenvalue weighted by molar-refractivity contribution is -0.171.